The van der Waals surface area contributed by atoms with E-state index in [9.17, 15) is 9.59 Å². The van der Waals surface area contributed by atoms with Gasteiger partial charge >= 0.3 is 6.09 Å². The van der Waals surface area contributed by atoms with Crippen molar-refractivity contribution in [2.75, 3.05) is 26.3 Å². The summed E-state index contributed by atoms with van der Waals surface area (Å²) < 4.78 is 10.7. The van der Waals surface area contributed by atoms with Crippen molar-refractivity contribution in [1.82, 2.24) is 10.6 Å². The van der Waals surface area contributed by atoms with E-state index in [0.717, 1.165) is 38.8 Å². The molecule has 2 N–H and O–H groups in total. The summed E-state index contributed by atoms with van der Waals surface area (Å²) in [6.07, 6.45) is 2.79. The molecule has 0 bridgehead atoms. The maximum absolute atomic E-state index is 13.0. The lowest BCUT2D eigenvalue weighted by Crippen LogP contribution is -2.52. The maximum atomic E-state index is 13.0. The maximum Gasteiger partial charge on any atom is 0.408 e. The standard InChI is InChI=1S/C17H30N2O4/c1-17(2,3)23-16(21)19-14(12-4-8-18-9-5-12)15(20)13-6-10-22-11-7-13/h12-14,18H,4-11H2,1-3H3,(H,19,21). The first-order valence-corrected chi connectivity index (χ1v) is 8.68. The molecular formula is C17H30N2O4. The Bertz CT molecular complexity index is 407. The first-order valence-electron chi connectivity index (χ1n) is 8.68. The van der Waals surface area contributed by atoms with Crippen LogP contribution in [0.5, 0.6) is 0 Å². The average molecular weight is 326 g/mol. The molecule has 0 radical (unpaired) electrons. The van der Waals surface area contributed by atoms with Crippen molar-refractivity contribution in [3.05, 3.63) is 0 Å². The van der Waals surface area contributed by atoms with Gasteiger partial charge in [0.1, 0.15) is 5.60 Å². The van der Waals surface area contributed by atoms with Crippen molar-refractivity contribution in [3.63, 3.8) is 0 Å². The molecule has 0 aliphatic carbocycles. The van der Waals surface area contributed by atoms with Crippen molar-refractivity contribution >= 4 is 11.9 Å². The number of nitrogens with one attached hydrogen (secondary N) is 2. The van der Waals surface area contributed by atoms with E-state index in [2.05, 4.69) is 10.6 Å². The van der Waals surface area contributed by atoms with Gasteiger partial charge in [-0.3, -0.25) is 4.79 Å². The summed E-state index contributed by atoms with van der Waals surface area (Å²) in [6, 6.07) is -0.449. The highest BCUT2D eigenvalue weighted by molar-refractivity contribution is 5.89. The topological polar surface area (TPSA) is 76.7 Å². The molecule has 0 aromatic heterocycles. The Labute approximate surface area is 138 Å². The number of carbonyl (C=O) groups excluding carboxylic acids is 2. The van der Waals surface area contributed by atoms with Crippen LogP contribution in [0.1, 0.15) is 46.5 Å². The predicted molar refractivity (Wildman–Crippen MR) is 87.3 cm³/mol. The van der Waals surface area contributed by atoms with Gasteiger partial charge in [-0.05, 0) is 65.5 Å². The fourth-order valence-electron chi connectivity index (χ4n) is 3.27. The van der Waals surface area contributed by atoms with Crippen molar-refractivity contribution in [3.8, 4) is 0 Å². The number of rotatable bonds is 4. The number of ether oxygens (including phenoxy) is 2. The number of Topliss-reactive ketones (excluding diaryl/α,β-unsaturated/α-hetero) is 1. The van der Waals surface area contributed by atoms with Crippen LogP contribution >= 0.6 is 0 Å². The lowest BCUT2D eigenvalue weighted by atomic mass is 9.81. The van der Waals surface area contributed by atoms with Gasteiger partial charge in [-0.2, -0.15) is 0 Å². The van der Waals surface area contributed by atoms with E-state index < -0.39 is 17.7 Å². The molecular weight excluding hydrogens is 296 g/mol. The first kappa shape index (κ1) is 18.2. The zero-order valence-corrected chi connectivity index (χ0v) is 14.5. The molecule has 2 saturated heterocycles. The molecule has 0 aromatic carbocycles. The van der Waals surface area contributed by atoms with Crippen LogP contribution in [0.15, 0.2) is 0 Å². The Balaban J connectivity index is 2.04. The summed E-state index contributed by atoms with van der Waals surface area (Å²) in [6.45, 7) is 8.51. The highest BCUT2D eigenvalue weighted by Crippen LogP contribution is 2.24. The second kappa shape index (κ2) is 8.11. The summed E-state index contributed by atoms with van der Waals surface area (Å²) in [5.41, 5.74) is -0.565. The number of ketones is 1. The number of hydrogen-bond acceptors (Lipinski definition) is 5. The second-order valence-electron chi connectivity index (χ2n) is 7.50. The van der Waals surface area contributed by atoms with E-state index in [1.807, 2.05) is 20.8 Å². The van der Waals surface area contributed by atoms with Crippen LogP contribution in [-0.2, 0) is 14.3 Å². The summed E-state index contributed by atoms with van der Waals surface area (Å²) in [5.74, 6) is 0.309. The van der Waals surface area contributed by atoms with Gasteiger partial charge in [0, 0.05) is 19.1 Å². The van der Waals surface area contributed by atoms with Crippen molar-refractivity contribution in [1.29, 1.82) is 0 Å². The molecule has 2 heterocycles. The van der Waals surface area contributed by atoms with E-state index in [1.54, 1.807) is 0 Å². The number of amides is 1. The Kier molecular flexibility index (Phi) is 6.41. The lowest BCUT2D eigenvalue weighted by Gasteiger charge is -2.34. The van der Waals surface area contributed by atoms with Crippen LogP contribution in [0.25, 0.3) is 0 Å². The number of hydrogen-bond donors (Lipinski definition) is 2. The third kappa shape index (κ3) is 5.77. The highest BCUT2D eigenvalue weighted by Gasteiger charge is 2.36. The minimum atomic E-state index is -0.565. The van der Waals surface area contributed by atoms with Gasteiger partial charge in [0.05, 0.1) is 6.04 Å². The Hall–Kier alpha value is -1.14. The molecule has 1 atom stereocenters. The normalized spacial score (nSPS) is 22.4. The lowest BCUT2D eigenvalue weighted by molar-refractivity contribution is -0.129. The van der Waals surface area contributed by atoms with Gasteiger partial charge < -0.3 is 20.1 Å². The zero-order chi connectivity index (χ0) is 16.9. The van der Waals surface area contributed by atoms with Gasteiger partial charge in [-0.15, -0.1) is 0 Å². The van der Waals surface area contributed by atoms with Crippen LogP contribution < -0.4 is 10.6 Å². The van der Waals surface area contributed by atoms with Crippen molar-refractivity contribution in [2.24, 2.45) is 11.8 Å². The van der Waals surface area contributed by atoms with Crippen LogP contribution in [0.3, 0.4) is 0 Å². The molecule has 6 nitrogen and oxygen atoms in total. The minimum absolute atomic E-state index is 0.0152. The molecule has 2 rings (SSSR count). The minimum Gasteiger partial charge on any atom is -0.444 e. The molecule has 2 aliphatic heterocycles. The van der Waals surface area contributed by atoms with Crippen molar-refractivity contribution in [2.45, 2.75) is 58.1 Å². The molecule has 0 spiro atoms. The summed E-state index contributed by atoms with van der Waals surface area (Å²) in [4.78, 5) is 25.1. The summed E-state index contributed by atoms with van der Waals surface area (Å²) in [7, 11) is 0. The van der Waals surface area contributed by atoms with Crippen molar-refractivity contribution < 1.29 is 19.1 Å². The van der Waals surface area contributed by atoms with Crippen LogP contribution in [-0.4, -0.2) is 49.8 Å². The molecule has 2 fully saturated rings. The average Bonchev–Trinajstić information content (AvgIpc) is 2.52. The monoisotopic (exact) mass is 326 g/mol. The molecule has 2 aliphatic rings. The Morgan fingerprint density at radius 1 is 1.13 bits per heavy atom. The highest BCUT2D eigenvalue weighted by atomic mass is 16.6. The first-order chi connectivity index (χ1) is 10.9. The van der Waals surface area contributed by atoms with Crippen LogP contribution in [0, 0.1) is 11.8 Å². The van der Waals surface area contributed by atoms with E-state index in [4.69, 9.17) is 9.47 Å². The van der Waals surface area contributed by atoms with Crippen LogP contribution in [0.4, 0.5) is 4.79 Å². The summed E-state index contributed by atoms with van der Waals surface area (Å²) in [5, 5.41) is 6.17. The second-order valence-corrected chi connectivity index (χ2v) is 7.50. The molecule has 6 heteroatoms. The fourth-order valence-corrected chi connectivity index (χ4v) is 3.27. The number of carbonyl (C=O) groups is 2. The Morgan fingerprint density at radius 2 is 1.74 bits per heavy atom. The molecule has 0 saturated carbocycles. The third-order valence-electron chi connectivity index (χ3n) is 4.46. The van der Waals surface area contributed by atoms with Gasteiger partial charge in [0.25, 0.3) is 0 Å². The fraction of sp³-hybridized carbons (Fsp3) is 0.882. The zero-order valence-electron chi connectivity index (χ0n) is 14.5. The molecule has 132 valence electrons. The third-order valence-corrected chi connectivity index (χ3v) is 4.46. The molecule has 1 amide bonds. The van der Waals surface area contributed by atoms with Gasteiger partial charge in [-0.1, -0.05) is 0 Å². The molecule has 23 heavy (non-hydrogen) atoms. The SMILES string of the molecule is CC(C)(C)OC(=O)NC(C(=O)C1CCOCC1)C1CCNCC1. The quantitative estimate of drug-likeness (QED) is 0.825. The summed E-state index contributed by atoms with van der Waals surface area (Å²) >= 11 is 0. The van der Waals surface area contributed by atoms with E-state index in [-0.39, 0.29) is 17.6 Å². The number of alkyl carbamates (subject to hydrolysis) is 1. The van der Waals surface area contributed by atoms with Gasteiger partial charge in [0.2, 0.25) is 0 Å². The van der Waals surface area contributed by atoms with Crippen LogP contribution in [0.2, 0.25) is 0 Å². The number of piperidine rings is 1. The molecule has 0 aromatic rings. The van der Waals surface area contributed by atoms with E-state index in [1.165, 1.54) is 0 Å². The smallest absolute Gasteiger partial charge is 0.408 e. The van der Waals surface area contributed by atoms with E-state index in [0.29, 0.717) is 13.2 Å². The van der Waals surface area contributed by atoms with E-state index >= 15 is 0 Å². The Morgan fingerprint density at radius 3 is 2.30 bits per heavy atom. The predicted octanol–water partition coefficient (Wildman–Crippen LogP) is 1.87. The van der Waals surface area contributed by atoms with Gasteiger partial charge in [0.15, 0.2) is 5.78 Å². The van der Waals surface area contributed by atoms with Gasteiger partial charge in [-0.25, -0.2) is 4.79 Å². The largest absolute Gasteiger partial charge is 0.444 e. The molecule has 1 unspecified atom stereocenters.